The van der Waals surface area contributed by atoms with Crippen molar-refractivity contribution in [3.8, 4) is 0 Å². The lowest BCUT2D eigenvalue weighted by molar-refractivity contribution is -0.00960. The Bertz CT molecular complexity index is 425. The molecule has 1 amide bonds. The zero-order valence-corrected chi connectivity index (χ0v) is 12.3. The molecule has 110 valence electrons. The molecule has 0 spiro atoms. The van der Waals surface area contributed by atoms with Gasteiger partial charge in [0.2, 0.25) is 0 Å². The van der Waals surface area contributed by atoms with Crippen LogP contribution in [-0.2, 0) is 4.74 Å². The van der Waals surface area contributed by atoms with E-state index in [4.69, 9.17) is 4.74 Å². The molecule has 1 aliphatic carbocycles. The average Bonchev–Trinajstić information content (AvgIpc) is 2.40. The Labute approximate surface area is 120 Å². The van der Waals surface area contributed by atoms with Crippen LogP contribution in [0.3, 0.4) is 0 Å². The minimum atomic E-state index is -0.00685. The number of rotatable bonds is 7. The Morgan fingerprint density at radius 3 is 2.60 bits per heavy atom. The fraction of sp³-hybridized carbons (Fsp3) is 0.562. The summed E-state index contributed by atoms with van der Waals surface area (Å²) in [6.07, 6.45) is 2.60. The molecule has 0 aromatic heterocycles. The van der Waals surface area contributed by atoms with Crippen LogP contribution < -0.4 is 10.6 Å². The fourth-order valence-corrected chi connectivity index (χ4v) is 2.36. The molecule has 2 rings (SSSR count). The highest BCUT2D eigenvalue weighted by atomic mass is 16.5. The molecule has 2 N–H and O–H groups in total. The summed E-state index contributed by atoms with van der Waals surface area (Å²) in [4.78, 5) is 11.9. The Morgan fingerprint density at radius 1 is 1.25 bits per heavy atom. The predicted octanol–water partition coefficient (Wildman–Crippen LogP) is 1.88. The van der Waals surface area contributed by atoms with Crippen LogP contribution in [0, 0.1) is 6.92 Å². The molecule has 1 aromatic carbocycles. The summed E-state index contributed by atoms with van der Waals surface area (Å²) >= 11 is 0. The van der Waals surface area contributed by atoms with Gasteiger partial charge in [-0.2, -0.15) is 0 Å². The molecule has 20 heavy (non-hydrogen) atoms. The highest BCUT2D eigenvalue weighted by molar-refractivity contribution is 5.94. The molecule has 0 radical (unpaired) electrons. The second-order valence-electron chi connectivity index (χ2n) is 5.32. The molecule has 1 fully saturated rings. The Kier molecular flexibility index (Phi) is 5.56. The zero-order valence-electron chi connectivity index (χ0n) is 12.3. The van der Waals surface area contributed by atoms with Gasteiger partial charge in [-0.1, -0.05) is 17.7 Å². The molecule has 0 heterocycles. The van der Waals surface area contributed by atoms with E-state index in [0.717, 1.165) is 37.1 Å². The van der Waals surface area contributed by atoms with E-state index in [1.54, 1.807) is 0 Å². The second-order valence-corrected chi connectivity index (χ2v) is 5.32. The van der Waals surface area contributed by atoms with Gasteiger partial charge in [0.15, 0.2) is 0 Å². The maximum absolute atomic E-state index is 11.9. The van der Waals surface area contributed by atoms with Gasteiger partial charge in [0, 0.05) is 31.3 Å². The van der Waals surface area contributed by atoms with Crippen molar-refractivity contribution in [2.45, 2.75) is 38.8 Å². The van der Waals surface area contributed by atoms with E-state index < -0.39 is 0 Å². The monoisotopic (exact) mass is 276 g/mol. The molecular weight excluding hydrogens is 252 g/mol. The zero-order chi connectivity index (χ0) is 14.4. The highest BCUT2D eigenvalue weighted by Gasteiger charge is 2.28. The number of benzene rings is 1. The van der Waals surface area contributed by atoms with Gasteiger partial charge in [-0.3, -0.25) is 4.79 Å². The fourth-order valence-electron chi connectivity index (χ4n) is 2.36. The van der Waals surface area contributed by atoms with Crippen LogP contribution in [0.25, 0.3) is 0 Å². The molecule has 0 aliphatic heterocycles. The average molecular weight is 276 g/mol. The molecule has 4 nitrogen and oxygen atoms in total. The van der Waals surface area contributed by atoms with Crippen molar-refractivity contribution in [2.24, 2.45) is 0 Å². The van der Waals surface area contributed by atoms with Crippen LogP contribution in [-0.4, -0.2) is 37.7 Å². The van der Waals surface area contributed by atoms with Gasteiger partial charge < -0.3 is 15.4 Å². The highest BCUT2D eigenvalue weighted by Crippen LogP contribution is 2.22. The lowest BCUT2D eigenvalue weighted by atomic mass is 9.89. The van der Waals surface area contributed by atoms with Gasteiger partial charge in [-0.25, -0.2) is 0 Å². The first kappa shape index (κ1) is 15.0. The summed E-state index contributed by atoms with van der Waals surface area (Å²) in [5, 5.41) is 6.35. The summed E-state index contributed by atoms with van der Waals surface area (Å²) in [6.45, 7) is 6.30. The van der Waals surface area contributed by atoms with Gasteiger partial charge in [0.25, 0.3) is 5.91 Å². The van der Waals surface area contributed by atoms with Gasteiger partial charge in [-0.05, 0) is 38.8 Å². The summed E-state index contributed by atoms with van der Waals surface area (Å²) in [6, 6.07) is 8.17. The van der Waals surface area contributed by atoms with E-state index in [0.29, 0.717) is 18.7 Å². The number of ether oxygens (including phenoxy) is 1. The number of nitrogens with one attached hydrogen (secondary N) is 2. The van der Waals surface area contributed by atoms with Crippen LogP contribution in [0.2, 0.25) is 0 Å². The van der Waals surface area contributed by atoms with Crippen LogP contribution in [0.5, 0.6) is 0 Å². The number of hydrogen-bond donors (Lipinski definition) is 2. The Balaban J connectivity index is 1.57. The summed E-state index contributed by atoms with van der Waals surface area (Å²) in [5.74, 6) is -0.00685. The number of hydrogen-bond acceptors (Lipinski definition) is 3. The Morgan fingerprint density at radius 2 is 1.95 bits per heavy atom. The molecule has 1 aromatic rings. The number of amides is 1. The van der Waals surface area contributed by atoms with E-state index in [9.17, 15) is 4.79 Å². The standard InChI is InChI=1S/C16H24N2O2/c1-3-20-15-10-14(11-15)17-8-9-18-16(19)13-6-4-12(2)5-7-13/h4-7,14-15,17H,3,8-11H2,1-2H3,(H,18,19). The molecule has 4 heteroatoms. The topological polar surface area (TPSA) is 50.4 Å². The lowest BCUT2D eigenvalue weighted by Gasteiger charge is -2.35. The van der Waals surface area contributed by atoms with Crippen LogP contribution >= 0.6 is 0 Å². The third-order valence-electron chi connectivity index (χ3n) is 3.65. The predicted molar refractivity (Wildman–Crippen MR) is 80.0 cm³/mol. The molecule has 1 saturated carbocycles. The van der Waals surface area contributed by atoms with Crippen molar-refractivity contribution in [3.05, 3.63) is 35.4 Å². The number of carbonyl (C=O) groups excluding carboxylic acids is 1. The maximum Gasteiger partial charge on any atom is 0.251 e. The van der Waals surface area contributed by atoms with Crippen LogP contribution in [0.4, 0.5) is 0 Å². The third kappa shape index (κ3) is 4.32. The first-order valence-corrected chi connectivity index (χ1v) is 7.39. The van der Waals surface area contributed by atoms with E-state index in [1.807, 2.05) is 38.1 Å². The van der Waals surface area contributed by atoms with Crippen molar-refractivity contribution >= 4 is 5.91 Å². The van der Waals surface area contributed by atoms with E-state index in [2.05, 4.69) is 10.6 Å². The van der Waals surface area contributed by atoms with Gasteiger partial charge in [0.1, 0.15) is 0 Å². The normalized spacial score (nSPS) is 21.3. The van der Waals surface area contributed by atoms with Crippen molar-refractivity contribution in [1.82, 2.24) is 10.6 Å². The Hall–Kier alpha value is -1.39. The van der Waals surface area contributed by atoms with Crippen molar-refractivity contribution < 1.29 is 9.53 Å². The minimum absolute atomic E-state index is 0.00685. The summed E-state index contributed by atoms with van der Waals surface area (Å²) in [5.41, 5.74) is 1.88. The second kappa shape index (κ2) is 7.41. The molecular formula is C16H24N2O2. The maximum atomic E-state index is 11.9. The van der Waals surface area contributed by atoms with E-state index in [1.165, 1.54) is 0 Å². The minimum Gasteiger partial charge on any atom is -0.378 e. The lowest BCUT2D eigenvalue weighted by Crippen LogP contribution is -2.47. The first-order valence-electron chi connectivity index (χ1n) is 7.39. The number of aryl methyl sites for hydroxylation is 1. The quantitative estimate of drug-likeness (QED) is 0.748. The van der Waals surface area contributed by atoms with Crippen molar-refractivity contribution in [1.29, 1.82) is 0 Å². The van der Waals surface area contributed by atoms with Gasteiger partial charge in [-0.15, -0.1) is 0 Å². The number of carbonyl (C=O) groups is 1. The van der Waals surface area contributed by atoms with Crippen molar-refractivity contribution in [2.75, 3.05) is 19.7 Å². The SMILES string of the molecule is CCOC1CC(NCCNC(=O)c2ccc(C)cc2)C1. The smallest absolute Gasteiger partial charge is 0.251 e. The summed E-state index contributed by atoms with van der Waals surface area (Å²) in [7, 11) is 0. The molecule has 0 unspecified atom stereocenters. The third-order valence-corrected chi connectivity index (χ3v) is 3.65. The van der Waals surface area contributed by atoms with Gasteiger partial charge in [0.05, 0.1) is 6.10 Å². The van der Waals surface area contributed by atoms with Crippen LogP contribution in [0.15, 0.2) is 24.3 Å². The van der Waals surface area contributed by atoms with E-state index >= 15 is 0 Å². The molecule has 0 saturated heterocycles. The van der Waals surface area contributed by atoms with Crippen molar-refractivity contribution in [3.63, 3.8) is 0 Å². The molecule has 1 aliphatic rings. The largest absolute Gasteiger partial charge is 0.378 e. The summed E-state index contributed by atoms with van der Waals surface area (Å²) < 4.78 is 5.51. The molecule has 0 bridgehead atoms. The van der Waals surface area contributed by atoms with E-state index in [-0.39, 0.29) is 5.91 Å². The van der Waals surface area contributed by atoms with Gasteiger partial charge >= 0.3 is 0 Å². The first-order chi connectivity index (χ1) is 9.69. The van der Waals surface area contributed by atoms with Crippen LogP contribution in [0.1, 0.15) is 35.7 Å². The molecule has 0 atom stereocenters.